The third-order valence-corrected chi connectivity index (χ3v) is 4.36. The van der Waals surface area contributed by atoms with Gasteiger partial charge in [-0.3, -0.25) is 30.0 Å². The first-order valence-electron chi connectivity index (χ1n) is 7.33. The third-order valence-electron chi connectivity index (χ3n) is 4.36. The third kappa shape index (κ3) is 2.17. The van der Waals surface area contributed by atoms with Gasteiger partial charge in [-0.25, -0.2) is 4.98 Å². The van der Waals surface area contributed by atoms with E-state index in [1.54, 1.807) is 0 Å². The Morgan fingerprint density at radius 2 is 1.84 bits per heavy atom. The summed E-state index contributed by atoms with van der Waals surface area (Å²) in [6.07, 6.45) is 0. The molecule has 1 aromatic heterocycles. The number of piperidine rings is 1. The molecular weight excluding hydrogens is 328 g/mol. The van der Waals surface area contributed by atoms with E-state index in [0.717, 1.165) is 4.57 Å². The van der Waals surface area contributed by atoms with Crippen LogP contribution >= 0.6 is 0 Å². The summed E-state index contributed by atoms with van der Waals surface area (Å²) in [6, 6.07) is 0.238. The van der Waals surface area contributed by atoms with Crippen LogP contribution in [0, 0.1) is 6.92 Å². The summed E-state index contributed by atoms with van der Waals surface area (Å²) in [5.41, 5.74) is 27.3. The molecule has 1 saturated heterocycles. The number of amides is 2. The first-order chi connectivity index (χ1) is 11.6. The Hall–Kier alpha value is -3.02. The number of hydrogen-bond acceptors (Lipinski definition) is 9. The van der Waals surface area contributed by atoms with Gasteiger partial charge in [0.2, 0.25) is 5.91 Å². The van der Waals surface area contributed by atoms with Crippen LogP contribution in [0.5, 0.6) is 0 Å². The predicted octanol–water partition coefficient (Wildman–Crippen LogP) is -3.21. The molecule has 3 rings (SSSR count). The highest BCUT2D eigenvalue weighted by Crippen LogP contribution is 2.24. The Bertz CT molecular complexity index is 984. The highest BCUT2D eigenvalue weighted by atomic mass is 16.2. The van der Waals surface area contributed by atoms with E-state index >= 15 is 0 Å². The summed E-state index contributed by atoms with van der Waals surface area (Å²) >= 11 is 0. The van der Waals surface area contributed by atoms with E-state index in [-0.39, 0.29) is 22.4 Å². The maximum atomic E-state index is 13.0. The number of aryl methyl sites for hydroxylation is 1. The molecule has 1 fully saturated rings. The number of nitrogen functional groups attached to an aromatic ring is 2. The molecule has 0 spiro atoms. The Morgan fingerprint density at radius 3 is 2.48 bits per heavy atom. The first-order valence-corrected chi connectivity index (χ1v) is 7.33. The zero-order chi connectivity index (χ0) is 18.7. The van der Waals surface area contributed by atoms with Crippen LogP contribution in [-0.4, -0.2) is 33.4 Å². The lowest BCUT2D eigenvalue weighted by Crippen LogP contribution is -2.78. The lowest BCUT2D eigenvalue weighted by Gasteiger charge is -2.41. The van der Waals surface area contributed by atoms with Crippen LogP contribution < -0.4 is 39.5 Å². The van der Waals surface area contributed by atoms with Crippen molar-refractivity contribution in [3.05, 3.63) is 28.3 Å². The van der Waals surface area contributed by atoms with E-state index in [1.807, 2.05) is 5.32 Å². The van der Waals surface area contributed by atoms with Crippen LogP contribution in [0.25, 0.3) is 10.9 Å². The molecule has 2 heterocycles. The fourth-order valence-electron chi connectivity index (χ4n) is 3.05. The number of fused-ring (bicyclic) bond motifs is 1. The second kappa shape index (κ2) is 5.24. The molecule has 132 valence electrons. The van der Waals surface area contributed by atoms with E-state index < -0.39 is 35.1 Å². The second-order valence-electron chi connectivity index (χ2n) is 6.00. The standard InChI is InChI=1S/C14H18N8O3/c1-4-20-7-3-5(15)2-6(16)8(7)12(24)22(4)14(19)10(18)9(17)11(23)21-13(14)25/h2-3,9-10H,15-19H2,1H3,(H,21,23,25). The number of carbonyl (C=O) groups is 2. The minimum Gasteiger partial charge on any atom is -0.399 e. The topological polar surface area (TPSA) is 211 Å². The molecule has 3 atom stereocenters. The van der Waals surface area contributed by atoms with Gasteiger partial charge in [0.1, 0.15) is 11.9 Å². The summed E-state index contributed by atoms with van der Waals surface area (Å²) in [5.74, 6) is -1.63. The quantitative estimate of drug-likeness (QED) is 0.226. The van der Waals surface area contributed by atoms with Gasteiger partial charge in [-0.2, -0.15) is 0 Å². The van der Waals surface area contributed by atoms with Gasteiger partial charge in [0.05, 0.1) is 16.9 Å². The van der Waals surface area contributed by atoms with Gasteiger partial charge in [0.15, 0.2) is 5.66 Å². The van der Waals surface area contributed by atoms with Crippen LogP contribution in [0.3, 0.4) is 0 Å². The first kappa shape index (κ1) is 16.8. The fraction of sp³-hybridized carbons (Fsp3) is 0.286. The van der Waals surface area contributed by atoms with Crippen molar-refractivity contribution in [2.75, 3.05) is 11.5 Å². The normalized spacial score (nSPS) is 26.7. The molecule has 2 amide bonds. The van der Waals surface area contributed by atoms with Crippen LogP contribution in [0.4, 0.5) is 11.4 Å². The molecular formula is C14H18N8O3. The maximum absolute atomic E-state index is 13.0. The average Bonchev–Trinajstić information content (AvgIpc) is 2.50. The van der Waals surface area contributed by atoms with Crippen molar-refractivity contribution in [2.24, 2.45) is 17.2 Å². The predicted molar refractivity (Wildman–Crippen MR) is 90.8 cm³/mol. The Morgan fingerprint density at radius 1 is 1.20 bits per heavy atom. The largest absolute Gasteiger partial charge is 0.399 e. The summed E-state index contributed by atoms with van der Waals surface area (Å²) < 4.78 is 0.911. The number of nitrogens with two attached hydrogens (primary N) is 5. The van der Waals surface area contributed by atoms with Gasteiger partial charge in [-0.1, -0.05) is 0 Å². The Balaban J connectivity index is 2.37. The van der Waals surface area contributed by atoms with Gasteiger partial charge in [0, 0.05) is 11.4 Å². The lowest BCUT2D eigenvalue weighted by atomic mass is 9.89. The smallest absolute Gasteiger partial charge is 0.269 e. The molecule has 1 aliphatic rings. The van der Waals surface area contributed by atoms with Crippen LogP contribution in [0.2, 0.25) is 0 Å². The van der Waals surface area contributed by atoms with Crippen molar-refractivity contribution >= 4 is 34.1 Å². The van der Waals surface area contributed by atoms with E-state index in [2.05, 4.69) is 4.98 Å². The van der Waals surface area contributed by atoms with Gasteiger partial charge in [-0.05, 0) is 19.1 Å². The van der Waals surface area contributed by atoms with Crippen LogP contribution in [-0.2, 0) is 15.3 Å². The monoisotopic (exact) mass is 346 g/mol. The van der Waals surface area contributed by atoms with E-state index in [9.17, 15) is 14.4 Å². The van der Waals surface area contributed by atoms with Crippen molar-refractivity contribution in [3.63, 3.8) is 0 Å². The van der Waals surface area contributed by atoms with Crippen molar-refractivity contribution in [1.82, 2.24) is 14.9 Å². The highest BCUT2D eigenvalue weighted by Gasteiger charge is 2.53. The second-order valence-corrected chi connectivity index (χ2v) is 6.00. The van der Waals surface area contributed by atoms with Gasteiger partial charge in [0.25, 0.3) is 11.5 Å². The Kier molecular flexibility index (Phi) is 3.53. The fourth-order valence-corrected chi connectivity index (χ4v) is 3.05. The van der Waals surface area contributed by atoms with Crippen molar-refractivity contribution in [2.45, 2.75) is 24.7 Å². The molecule has 1 aromatic carbocycles. The molecule has 2 aromatic rings. The Labute approximate surface area is 141 Å². The molecule has 0 radical (unpaired) electrons. The number of anilines is 2. The lowest BCUT2D eigenvalue weighted by molar-refractivity contribution is -0.143. The van der Waals surface area contributed by atoms with Gasteiger partial charge in [-0.15, -0.1) is 0 Å². The van der Waals surface area contributed by atoms with Gasteiger partial charge >= 0.3 is 0 Å². The number of nitrogens with zero attached hydrogens (tertiary/aromatic N) is 2. The zero-order valence-electron chi connectivity index (χ0n) is 13.3. The summed E-state index contributed by atoms with van der Waals surface area (Å²) in [5, 5.41) is 2.07. The van der Waals surface area contributed by atoms with E-state index in [4.69, 9.17) is 28.7 Å². The maximum Gasteiger partial charge on any atom is 0.269 e. The highest BCUT2D eigenvalue weighted by molar-refractivity contribution is 6.05. The molecule has 1 aliphatic heterocycles. The number of benzene rings is 1. The summed E-state index contributed by atoms with van der Waals surface area (Å²) in [4.78, 5) is 41.4. The molecule has 0 bridgehead atoms. The number of rotatable bonds is 1. The summed E-state index contributed by atoms with van der Waals surface area (Å²) in [6.45, 7) is 1.47. The minimum atomic E-state index is -2.11. The molecule has 11 nitrogen and oxygen atoms in total. The molecule has 3 unspecified atom stereocenters. The number of nitrogens with one attached hydrogen (secondary N) is 1. The molecule has 11 N–H and O–H groups in total. The van der Waals surface area contributed by atoms with E-state index in [1.165, 1.54) is 19.1 Å². The zero-order valence-corrected chi connectivity index (χ0v) is 13.3. The van der Waals surface area contributed by atoms with E-state index in [0.29, 0.717) is 5.69 Å². The summed E-state index contributed by atoms with van der Waals surface area (Å²) in [7, 11) is 0. The molecule has 0 aliphatic carbocycles. The average molecular weight is 346 g/mol. The molecule has 25 heavy (non-hydrogen) atoms. The number of hydrogen-bond donors (Lipinski definition) is 6. The van der Waals surface area contributed by atoms with Crippen LogP contribution in [0.1, 0.15) is 5.82 Å². The van der Waals surface area contributed by atoms with Crippen molar-refractivity contribution in [1.29, 1.82) is 0 Å². The molecule has 11 heteroatoms. The van der Waals surface area contributed by atoms with Crippen LogP contribution in [0.15, 0.2) is 16.9 Å². The molecule has 0 saturated carbocycles. The van der Waals surface area contributed by atoms with Gasteiger partial charge < -0.3 is 22.9 Å². The number of imide groups is 1. The number of aromatic nitrogens is 2. The minimum absolute atomic E-state index is 0.0371. The SMILES string of the molecule is Cc1nc2cc(N)cc(N)c2c(=O)n1C1(N)C(=O)NC(=O)C(N)C1N. The van der Waals surface area contributed by atoms with Crippen molar-refractivity contribution < 1.29 is 9.59 Å². The van der Waals surface area contributed by atoms with Crippen molar-refractivity contribution in [3.8, 4) is 0 Å². The number of carbonyl (C=O) groups excluding carboxylic acids is 2.